The smallest absolute Gasteiger partial charge is 0.221 e. The Kier molecular flexibility index (Phi) is 6.71. The predicted molar refractivity (Wildman–Crippen MR) is 98.8 cm³/mol. The summed E-state index contributed by atoms with van der Waals surface area (Å²) in [6, 6.07) is 6.43. The lowest BCUT2D eigenvalue weighted by Gasteiger charge is -2.30. The van der Waals surface area contributed by atoms with E-state index >= 15 is 0 Å². The molecule has 1 aliphatic rings. The van der Waals surface area contributed by atoms with Crippen LogP contribution in [0.4, 0.5) is 0 Å². The third-order valence-electron chi connectivity index (χ3n) is 4.36. The summed E-state index contributed by atoms with van der Waals surface area (Å²) < 4.78 is 24.4. The highest BCUT2D eigenvalue weighted by Gasteiger charge is 2.25. The van der Waals surface area contributed by atoms with E-state index in [2.05, 4.69) is 37.4 Å². The quantitative estimate of drug-likeness (QED) is 0.781. The van der Waals surface area contributed by atoms with Crippen LogP contribution >= 0.6 is 11.8 Å². The van der Waals surface area contributed by atoms with Gasteiger partial charge in [0, 0.05) is 36.2 Å². The van der Waals surface area contributed by atoms with Gasteiger partial charge < -0.3 is 5.32 Å². The topological polar surface area (TPSA) is 66.5 Å². The number of piperidine rings is 1. The van der Waals surface area contributed by atoms with Gasteiger partial charge in [0.15, 0.2) is 0 Å². The van der Waals surface area contributed by atoms with E-state index in [4.69, 9.17) is 0 Å². The summed E-state index contributed by atoms with van der Waals surface area (Å²) in [5, 5.41) is 3.02. The first-order valence-electron chi connectivity index (χ1n) is 8.20. The van der Waals surface area contributed by atoms with Crippen molar-refractivity contribution in [3.05, 3.63) is 29.3 Å². The van der Waals surface area contributed by atoms with Crippen molar-refractivity contribution in [3.8, 4) is 0 Å². The van der Waals surface area contributed by atoms with Crippen LogP contribution in [-0.2, 0) is 14.8 Å². The molecule has 1 aliphatic heterocycles. The molecule has 2 rings (SSSR count). The van der Waals surface area contributed by atoms with Gasteiger partial charge >= 0.3 is 0 Å². The molecule has 0 atom stereocenters. The number of hydrogen-bond acceptors (Lipinski definition) is 4. The molecule has 0 aliphatic carbocycles. The minimum Gasteiger partial charge on any atom is -0.353 e. The Bertz CT molecular complexity index is 681. The van der Waals surface area contributed by atoms with E-state index in [0.717, 1.165) is 5.75 Å². The van der Waals surface area contributed by atoms with Crippen LogP contribution in [0.3, 0.4) is 0 Å². The van der Waals surface area contributed by atoms with Crippen molar-refractivity contribution in [2.45, 2.75) is 44.0 Å². The SMILES string of the molecule is Cc1ccc(SCCC(=O)NC2CCN(S(C)(=O)=O)CC2)cc1C. The molecule has 1 N–H and O–H groups in total. The van der Waals surface area contributed by atoms with E-state index in [0.29, 0.717) is 32.4 Å². The molecule has 1 aromatic carbocycles. The maximum Gasteiger partial charge on any atom is 0.221 e. The lowest BCUT2D eigenvalue weighted by Crippen LogP contribution is -2.46. The van der Waals surface area contributed by atoms with Gasteiger partial charge in [-0.25, -0.2) is 12.7 Å². The highest BCUT2D eigenvalue weighted by Crippen LogP contribution is 2.21. The molecule has 1 fully saturated rings. The van der Waals surface area contributed by atoms with Gasteiger partial charge in [0.2, 0.25) is 15.9 Å². The molecule has 1 amide bonds. The van der Waals surface area contributed by atoms with Crippen molar-refractivity contribution < 1.29 is 13.2 Å². The largest absolute Gasteiger partial charge is 0.353 e. The van der Waals surface area contributed by atoms with Gasteiger partial charge in [0.25, 0.3) is 0 Å². The van der Waals surface area contributed by atoms with Crippen LogP contribution in [0.5, 0.6) is 0 Å². The van der Waals surface area contributed by atoms with E-state index in [9.17, 15) is 13.2 Å². The lowest BCUT2D eigenvalue weighted by atomic mass is 10.1. The van der Waals surface area contributed by atoms with Crippen molar-refractivity contribution in [1.82, 2.24) is 9.62 Å². The van der Waals surface area contributed by atoms with Gasteiger partial charge in [-0.1, -0.05) is 6.07 Å². The number of thioether (sulfide) groups is 1. The summed E-state index contributed by atoms with van der Waals surface area (Å²) in [7, 11) is -3.11. The molecule has 0 spiro atoms. The zero-order chi connectivity index (χ0) is 17.7. The van der Waals surface area contributed by atoms with Crippen LogP contribution < -0.4 is 5.32 Å². The molecule has 7 heteroatoms. The first-order chi connectivity index (χ1) is 11.3. The Labute approximate surface area is 149 Å². The summed E-state index contributed by atoms with van der Waals surface area (Å²) in [6.45, 7) is 5.16. The summed E-state index contributed by atoms with van der Waals surface area (Å²) in [5.74, 6) is 0.792. The number of carbonyl (C=O) groups is 1. The van der Waals surface area contributed by atoms with Crippen LogP contribution in [0, 0.1) is 13.8 Å². The first kappa shape index (κ1) is 19.3. The average Bonchev–Trinajstić information content (AvgIpc) is 2.50. The number of benzene rings is 1. The number of nitrogens with zero attached hydrogens (tertiary/aromatic N) is 1. The fraction of sp³-hybridized carbons (Fsp3) is 0.588. The highest BCUT2D eigenvalue weighted by atomic mass is 32.2. The number of amides is 1. The minimum absolute atomic E-state index is 0.0455. The van der Waals surface area contributed by atoms with Crippen LogP contribution in [0.1, 0.15) is 30.4 Å². The second kappa shape index (κ2) is 8.36. The molecule has 0 saturated carbocycles. The minimum atomic E-state index is -3.11. The number of hydrogen-bond donors (Lipinski definition) is 1. The Hall–Kier alpha value is -1.05. The normalized spacial score (nSPS) is 17.0. The van der Waals surface area contributed by atoms with Crippen molar-refractivity contribution >= 4 is 27.7 Å². The molecule has 0 unspecified atom stereocenters. The van der Waals surface area contributed by atoms with Crippen molar-refractivity contribution in [2.75, 3.05) is 25.1 Å². The van der Waals surface area contributed by atoms with Crippen LogP contribution in [0.25, 0.3) is 0 Å². The summed E-state index contributed by atoms with van der Waals surface area (Å²) in [4.78, 5) is 13.2. The highest BCUT2D eigenvalue weighted by molar-refractivity contribution is 7.99. The summed E-state index contributed by atoms with van der Waals surface area (Å²) in [5.41, 5.74) is 2.54. The van der Waals surface area contributed by atoms with Gasteiger partial charge in [0.05, 0.1) is 6.26 Å². The Balaban J connectivity index is 1.69. The number of nitrogens with one attached hydrogen (secondary N) is 1. The van der Waals surface area contributed by atoms with Crippen molar-refractivity contribution in [3.63, 3.8) is 0 Å². The van der Waals surface area contributed by atoms with E-state index < -0.39 is 10.0 Å². The van der Waals surface area contributed by atoms with E-state index in [1.807, 2.05) is 0 Å². The third-order valence-corrected chi connectivity index (χ3v) is 6.66. The third kappa shape index (κ3) is 5.79. The zero-order valence-corrected chi connectivity index (χ0v) is 16.2. The number of aryl methyl sites for hydroxylation is 2. The van der Waals surface area contributed by atoms with E-state index in [1.165, 1.54) is 26.6 Å². The maximum absolute atomic E-state index is 12.0. The average molecular weight is 371 g/mol. The van der Waals surface area contributed by atoms with Crippen molar-refractivity contribution in [2.24, 2.45) is 0 Å². The summed E-state index contributed by atoms with van der Waals surface area (Å²) >= 11 is 1.69. The first-order valence-corrected chi connectivity index (χ1v) is 11.0. The molecule has 1 heterocycles. The fourth-order valence-corrected chi connectivity index (χ4v) is 4.52. The molecule has 0 radical (unpaired) electrons. The number of rotatable bonds is 6. The van der Waals surface area contributed by atoms with E-state index in [1.54, 1.807) is 11.8 Å². The van der Waals surface area contributed by atoms with Crippen LogP contribution in [-0.4, -0.2) is 49.8 Å². The maximum atomic E-state index is 12.0. The standard InChI is InChI=1S/C17H26N2O3S2/c1-13-4-5-16(12-14(13)2)23-11-8-17(20)18-15-6-9-19(10-7-15)24(3,21)22/h4-5,12,15H,6-11H2,1-3H3,(H,18,20). The summed E-state index contributed by atoms with van der Waals surface area (Å²) in [6.07, 6.45) is 3.08. The molecule has 0 aromatic heterocycles. The molecular formula is C17H26N2O3S2. The molecule has 134 valence electrons. The molecule has 24 heavy (non-hydrogen) atoms. The van der Waals surface area contributed by atoms with Gasteiger partial charge in [-0.2, -0.15) is 0 Å². The number of carbonyl (C=O) groups excluding carboxylic acids is 1. The van der Waals surface area contributed by atoms with Gasteiger partial charge in [-0.05, 0) is 49.9 Å². The monoisotopic (exact) mass is 370 g/mol. The lowest BCUT2D eigenvalue weighted by molar-refractivity contribution is -0.121. The van der Waals surface area contributed by atoms with Crippen molar-refractivity contribution in [1.29, 1.82) is 0 Å². The van der Waals surface area contributed by atoms with Gasteiger partial charge in [-0.3, -0.25) is 4.79 Å². The predicted octanol–water partition coefficient (Wildman–Crippen LogP) is 2.33. The molecule has 5 nitrogen and oxygen atoms in total. The van der Waals surface area contributed by atoms with Crippen LogP contribution in [0.15, 0.2) is 23.1 Å². The van der Waals surface area contributed by atoms with Crippen LogP contribution in [0.2, 0.25) is 0 Å². The number of sulfonamides is 1. The van der Waals surface area contributed by atoms with Gasteiger partial charge in [-0.15, -0.1) is 11.8 Å². The Morgan fingerprint density at radius 1 is 1.25 bits per heavy atom. The van der Waals surface area contributed by atoms with E-state index in [-0.39, 0.29) is 11.9 Å². The molecule has 1 aromatic rings. The van der Waals surface area contributed by atoms with Gasteiger partial charge in [0.1, 0.15) is 0 Å². The molecule has 0 bridgehead atoms. The Morgan fingerprint density at radius 3 is 2.50 bits per heavy atom. The molecule has 1 saturated heterocycles. The second-order valence-corrected chi connectivity index (χ2v) is 9.50. The zero-order valence-electron chi connectivity index (χ0n) is 14.5. The fourth-order valence-electron chi connectivity index (χ4n) is 2.70. The second-order valence-electron chi connectivity index (χ2n) is 6.35. The molecular weight excluding hydrogens is 344 g/mol. The Morgan fingerprint density at radius 2 is 1.92 bits per heavy atom.